The zero-order valence-corrected chi connectivity index (χ0v) is 13.0. The molecule has 0 radical (unpaired) electrons. The number of hydrogen-bond donors (Lipinski definition) is 0. The monoisotopic (exact) mass is 247 g/mol. The lowest BCUT2D eigenvalue weighted by Crippen LogP contribution is -2.18. The van der Waals surface area contributed by atoms with Crippen molar-refractivity contribution in [2.24, 2.45) is 5.41 Å². The number of nitrogens with zero attached hydrogens (tertiary/aromatic N) is 1. The third-order valence-electron chi connectivity index (χ3n) is 3.50. The van der Waals surface area contributed by atoms with Crippen molar-refractivity contribution in [3.8, 4) is 0 Å². The molecule has 0 amide bonds. The topological polar surface area (TPSA) is 3.24 Å². The second-order valence-electron chi connectivity index (χ2n) is 6.69. The van der Waals surface area contributed by atoms with Crippen molar-refractivity contribution in [3.05, 3.63) is 35.4 Å². The van der Waals surface area contributed by atoms with E-state index in [1.54, 1.807) is 0 Å². The van der Waals surface area contributed by atoms with Gasteiger partial charge in [0.1, 0.15) is 0 Å². The van der Waals surface area contributed by atoms with Gasteiger partial charge in [0.2, 0.25) is 0 Å². The Bertz CT molecular complexity index is 343. The first-order valence-corrected chi connectivity index (χ1v) is 7.08. The van der Waals surface area contributed by atoms with Gasteiger partial charge in [-0.2, -0.15) is 0 Å². The van der Waals surface area contributed by atoms with Crippen LogP contribution in [0.15, 0.2) is 24.3 Å². The van der Waals surface area contributed by atoms with Crippen molar-refractivity contribution < 1.29 is 0 Å². The summed E-state index contributed by atoms with van der Waals surface area (Å²) in [7, 11) is 4.23. The molecule has 0 aliphatic carbocycles. The average Bonchev–Trinajstić information content (AvgIpc) is 2.25. The largest absolute Gasteiger partial charge is 0.305 e. The van der Waals surface area contributed by atoms with E-state index < -0.39 is 0 Å². The molecular formula is C17H29N. The van der Waals surface area contributed by atoms with Gasteiger partial charge in [0.25, 0.3) is 0 Å². The highest BCUT2D eigenvalue weighted by molar-refractivity contribution is 5.26. The molecule has 1 aromatic carbocycles. The van der Waals surface area contributed by atoms with Gasteiger partial charge < -0.3 is 4.90 Å². The lowest BCUT2D eigenvalue weighted by atomic mass is 9.74. The molecule has 1 atom stereocenters. The van der Waals surface area contributed by atoms with Crippen molar-refractivity contribution in [3.63, 3.8) is 0 Å². The first-order chi connectivity index (χ1) is 8.34. The second-order valence-corrected chi connectivity index (χ2v) is 6.69. The predicted octanol–water partition coefficient (Wildman–Crippen LogP) is 4.68. The molecule has 1 rings (SSSR count). The molecule has 0 fully saturated rings. The summed E-state index contributed by atoms with van der Waals surface area (Å²) in [6.07, 6.45) is 2.53. The van der Waals surface area contributed by atoms with E-state index >= 15 is 0 Å². The zero-order chi connectivity index (χ0) is 13.8. The van der Waals surface area contributed by atoms with Crippen LogP contribution in [0.1, 0.15) is 57.6 Å². The Morgan fingerprint density at radius 3 is 2.00 bits per heavy atom. The van der Waals surface area contributed by atoms with Crippen LogP contribution in [0.4, 0.5) is 0 Å². The Morgan fingerprint density at radius 1 is 1.06 bits per heavy atom. The molecule has 0 heterocycles. The normalized spacial score (nSPS) is 13.9. The number of rotatable bonds is 5. The van der Waals surface area contributed by atoms with Gasteiger partial charge in [0.05, 0.1) is 0 Å². The highest BCUT2D eigenvalue weighted by Crippen LogP contribution is 2.38. The van der Waals surface area contributed by atoms with Crippen molar-refractivity contribution >= 4 is 0 Å². The smallest absolute Gasteiger partial charge is 0.0227 e. The fraction of sp³-hybridized carbons (Fsp3) is 0.647. The van der Waals surface area contributed by atoms with Gasteiger partial charge in [0.15, 0.2) is 0 Å². The van der Waals surface area contributed by atoms with E-state index in [-0.39, 0.29) is 0 Å². The van der Waals surface area contributed by atoms with Gasteiger partial charge in [-0.25, -0.2) is 0 Å². The molecule has 0 aliphatic heterocycles. The van der Waals surface area contributed by atoms with E-state index in [1.807, 2.05) is 0 Å². The molecule has 0 aromatic heterocycles. The number of benzene rings is 1. The maximum atomic E-state index is 2.35. The van der Waals surface area contributed by atoms with Crippen LogP contribution in [0, 0.1) is 5.41 Å². The van der Waals surface area contributed by atoms with Gasteiger partial charge in [-0.3, -0.25) is 0 Å². The summed E-state index contributed by atoms with van der Waals surface area (Å²) in [6, 6.07) is 9.21. The second kappa shape index (κ2) is 6.38. The summed E-state index contributed by atoms with van der Waals surface area (Å²) in [5, 5.41) is 0. The van der Waals surface area contributed by atoms with Crippen molar-refractivity contribution in [2.75, 3.05) is 14.1 Å². The fourth-order valence-electron chi connectivity index (χ4n) is 2.61. The van der Waals surface area contributed by atoms with Crippen LogP contribution in [0.3, 0.4) is 0 Å². The molecule has 0 saturated heterocycles. The molecule has 1 nitrogen and oxygen atoms in total. The molecule has 0 bridgehead atoms. The number of hydrogen-bond acceptors (Lipinski definition) is 1. The van der Waals surface area contributed by atoms with E-state index in [9.17, 15) is 0 Å². The van der Waals surface area contributed by atoms with E-state index in [2.05, 4.69) is 71.0 Å². The van der Waals surface area contributed by atoms with Crippen LogP contribution in [0.5, 0.6) is 0 Å². The molecule has 0 N–H and O–H groups in total. The highest BCUT2D eigenvalue weighted by atomic mass is 15.0. The van der Waals surface area contributed by atoms with Gasteiger partial charge in [0, 0.05) is 6.54 Å². The van der Waals surface area contributed by atoms with Gasteiger partial charge in [-0.05, 0) is 43.0 Å². The van der Waals surface area contributed by atoms with E-state index in [4.69, 9.17) is 0 Å². The molecule has 1 aromatic rings. The molecule has 102 valence electrons. The van der Waals surface area contributed by atoms with E-state index in [0.717, 1.165) is 6.54 Å². The Labute approximate surface area is 113 Å². The van der Waals surface area contributed by atoms with Crippen LogP contribution in [0.25, 0.3) is 0 Å². The van der Waals surface area contributed by atoms with Crippen LogP contribution < -0.4 is 0 Å². The SMILES string of the molecule is CCCC(c1ccc(CN(C)C)cc1)C(C)(C)C. The molecule has 18 heavy (non-hydrogen) atoms. The molecule has 0 spiro atoms. The minimum Gasteiger partial charge on any atom is -0.305 e. The standard InChI is InChI=1S/C17H29N/c1-7-8-16(17(2,3)4)15-11-9-14(10-12-15)13-18(5)6/h9-12,16H,7-8,13H2,1-6H3. The summed E-state index contributed by atoms with van der Waals surface area (Å²) in [5.41, 5.74) is 3.23. The lowest BCUT2D eigenvalue weighted by Gasteiger charge is -2.31. The lowest BCUT2D eigenvalue weighted by molar-refractivity contribution is 0.303. The quantitative estimate of drug-likeness (QED) is 0.730. The van der Waals surface area contributed by atoms with Crippen LogP contribution in [0.2, 0.25) is 0 Å². The predicted molar refractivity (Wildman–Crippen MR) is 80.9 cm³/mol. The van der Waals surface area contributed by atoms with Gasteiger partial charge >= 0.3 is 0 Å². The first kappa shape index (κ1) is 15.2. The van der Waals surface area contributed by atoms with Crippen LogP contribution >= 0.6 is 0 Å². The first-order valence-electron chi connectivity index (χ1n) is 7.08. The average molecular weight is 247 g/mol. The Hall–Kier alpha value is -0.820. The van der Waals surface area contributed by atoms with E-state index in [0.29, 0.717) is 11.3 Å². The van der Waals surface area contributed by atoms with Crippen LogP contribution in [-0.4, -0.2) is 19.0 Å². The highest BCUT2D eigenvalue weighted by Gasteiger charge is 2.25. The maximum Gasteiger partial charge on any atom is 0.0227 e. The van der Waals surface area contributed by atoms with Gasteiger partial charge in [-0.1, -0.05) is 58.4 Å². The third-order valence-corrected chi connectivity index (χ3v) is 3.50. The Morgan fingerprint density at radius 2 is 1.61 bits per heavy atom. The molecule has 1 heteroatoms. The molecule has 0 saturated carbocycles. The zero-order valence-electron chi connectivity index (χ0n) is 13.0. The molecule has 0 aliphatic rings. The van der Waals surface area contributed by atoms with E-state index in [1.165, 1.54) is 24.0 Å². The summed E-state index contributed by atoms with van der Waals surface area (Å²) < 4.78 is 0. The fourth-order valence-corrected chi connectivity index (χ4v) is 2.61. The van der Waals surface area contributed by atoms with Crippen LogP contribution in [-0.2, 0) is 6.54 Å². The summed E-state index contributed by atoms with van der Waals surface area (Å²) in [6.45, 7) is 10.3. The minimum absolute atomic E-state index is 0.346. The van der Waals surface area contributed by atoms with Crippen molar-refractivity contribution in [1.82, 2.24) is 4.90 Å². The van der Waals surface area contributed by atoms with Crippen molar-refractivity contribution in [2.45, 2.75) is 53.0 Å². The van der Waals surface area contributed by atoms with Gasteiger partial charge in [-0.15, -0.1) is 0 Å². The minimum atomic E-state index is 0.346. The molecular weight excluding hydrogens is 218 g/mol. The van der Waals surface area contributed by atoms with Crippen molar-refractivity contribution in [1.29, 1.82) is 0 Å². The maximum absolute atomic E-state index is 2.35. The molecule has 1 unspecified atom stereocenters. The summed E-state index contributed by atoms with van der Waals surface area (Å²) in [4.78, 5) is 2.21. The summed E-state index contributed by atoms with van der Waals surface area (Å²) >= 11 is 0. The Balaban J connectivity index is 2.87. The third kappa shape index (κ3) is 4.45. The summed E-state index contributed by atoms with van der Waals surface area (Å²) in [5.74, 6) is 0.663. The Kier molecular flexibility index (Phi) is 5.40.